The van der Waals surface area contributed by atoms with Gasteiger partial charge in [0.2, 0.25) is 5.16 Å². The van der Waals surface area contributed by atoms with E-state index in [1.165, 1.54) is 0 Å². The van der Waals surface area contributed by atoms with E-state index < -0.39 is 5.23 Å². The Hall–Kier alpha value is -1.61. The number of aromatic nitrogens is 3. The van der Waals surface area contributed by atoms with E-state index >= 15 is 0 Å². The zero-order chi connectivity index (χ0) is 14.1. The Morgan fingerprint density at radius 2 is 2.35 bits per heavy atom. The molecule has 0 saturated heterocycles. The molecular formula is C12H15N5O2S. The average molecular weight is 293 g/mol. The van der Waals surface area contributed by atoms with Crippen LogP contribution in [0, 0.1) is 5.21 Å². The van der Waals surface area contributed by atoms with Gasteiger partial charge in [0.1, 0.15) is 0 Å². The number of thioether (sulfide) groups is 1. The van der Waals surface area contributed by atoms with Crippen LogP contribution in [-0.4, -0.2) is 25.5 Å². The van der Waals surface area contributed by atoms with Crippen molar-refractivity contribution in [3.05, 3.63) is 29.5 Å². The highest BCUT2D eigenvalue weighted by molar-refractivity contribution is 8.00. The Kier molecular flexibility index (Phi) is 3.62. The minimum atomic E-state index is -0.945. The van der Waals surface area contributed by atoms with Crippen molar-refractivity contribution in [2.45, 2.75) is 30.3 Å². The van der Waals surface area contributed by atoms with Gasteiger partial charge in [-0.05, 0) is 6.42 Å². The zero-order valence-electron chi connectivity index (χ0n) is 10.9. The number of rotatable bonds is 4. The van der Waals surface area contributed by atoms with Gasteiger partial charge < -0.3 is 10.6 Å². The van der Waals surface area contributed by atoms with Crippen LogP contribution in [0.1, 0.15) is 19.8 Å². The first kappa shape index (κ1) is 13.4. The molecule has 7 nitrogen and oxygen atoms in total. The molecule has 2 atom stereocenters. The highest BCUT2D eigenvalue weighted by Gasteiger charge is 2.26. The minimum absolute atomic E-state index is 0.246. The SMILES string of the molecule is CCC[C@@H]1Nn2c(nnc2-c2cccc([NH+]([O-])O)c2)S1. The molecule has 0 aliphatic carbocycles. The Bertz CT molecular complexity index is 616. The lowest BCUT2D eigenvalue weighted by molar-refractivity contribution is -0.991. The number of nitrogens with zero attached hydrogens (tertiary/aromatic N) is 3. The van der Waals surface area contributed by atoms with Gasteiger partial charge in [-0.1, -0.05) is 37.2 Å². The van der Waals surface area contributed by atoms with Gasteiger partial charge in [-0.25, -0.2) is 9.88 Å². The van der Waals surface area contributed by atoms with E-state index in [-0.39, 0.29) is 5.69 Å². The summed E-state index contributed by atoms with van der Waals surface area (Å²) in [6.45, 7) is 2.14. The summed E-state index contributed by atoms with van der Waals surface area (Å²) in [5.41, 5.74) is 4.33. The number of quaternary nitrogens is 1. The summed E-state index contributed by atoms with van der Waals surface area (Å²) in [6, 6.07) is 6.73. The molecule has 0 radical (unpaired) electrons. The Morgan fingerprint density at radius 3 is 3.10 bits per heavy atom. The summed E-state index contributed by atoms with van der Waals surface area (Å²) in [7, 11) is 0. The van der Waals surface area contributed by atoms with Crippen molar-refractivity contribution in [2.75, 3.05) is 5.43 Å². The fraction of sp³-hybridized carbons (Fsp3) is 0.333. The maximum Gasteiger partial charge on any atom is 0.212 e. The topological polar surface area (TPSA) is 90.5 Å². The smallest absolute Gasteiger partial charge is 0.212 e. The Balaban J connectivity index is 1.92. The standard InChI is InChI=1S/C12H15N5O2S/c1-2-4-10-15-16-11(13-14-12(16)20-10)8-5-3-6-9(7-8)17(18)19/h3,5-7,10,15,17-18H,2,4H2,1H3/t10-/m1/s1. The third-order valence-corrected chi connectivity index (χ3v) is 4.17. The van der Waals surface area contributed by atoms with Crippen LogP contribution in [0.15, 0.2) is 29.4 Å². The molecule has 1 aromatic heterocycles. The predicted molar refractivity (Wildman–Crippen MR) is 75.1 cm³/mol. The van der Waals surface area contributed by atoms with Gasteiger partial charge in [-0.2, -0.15) is 5.23 Å². The lowest BCUT2D eigenvalue weighted by atomic mass is 10.2. The molecule has 106 valence electrons. The van der Waals surface area contributed by atoms with Crippen molar-refractivity contribution in [2.24, 2.45) is 0 Å². The van der Waals surface area contributed by atoms with Crippen LogP contribution in [0.5, 0.6) is 0 Å². The molecule has 3 rings (SSSR count). The van der Waals surface area contributed by atoms with E-state index in [0.29, 0.717) is 11.2 Å². The van der Waals surface area contributed by atoms with E-state index in [4.69, 9.17) is 5.21 Å². The van der Waals surface area contributed by atoms with Gasteiger partial charge in [0.15, 0.2) is 11.5 Å². The Labute approximate surface area is 120 Å². The highest BCUT2D eigenvalue weighted by Crippen LogP contribution is 2.33. The zero-order valence-corrected chi connectivity index (χ0v) is 11.7. The maximum atomic E-state index is 11.0. The molecule has 1 aliphatic heterocycles. The van der Waals surface area contributed by atoms with E-state index in [1.54, 1.807) is 30.0 Å². The van der Waals surface area contributed by atoms with E-state index in [1.807, 2.05) is 10.7 Å². The van der Waals surface area contributed by atoms with Crippen LogP contribution in [-0.2, 0) is 0 Å². The number of hydrogen-bond acceptors (Lipinski definition) is 6. The number of hydrogen-bond donors (Lipinski definition) is 3. The lowest BCUT2D eigenvalue weighted by Gasteiger charge is -2.13. The molecule has 0 spiro atoms. The minimum Gasteiger partial charge on any atom is -0.595 e. The summed E-state index contributed by atoms with van der Waals surface area (Å²) in [5, 5.41) is 28.5. The van der Waals surface area contributed by atoms with Crippen LogP contribution in [0.3, 0.4) is 0 Å². The number of fused-ring (bicyclic) bond motifs is 1. The molecule has 20 heavy (non-hydrogen) atoms. The molecule has 0 bridgehead atoms. The van der Waals surface area contributed by atoms with Crippen molar-refractivity contribution in [1.82, 2.24) is 14.9 Å². The number of benzene rings is 1. The van der Waals surface area contributed by atoms with Crippen LogP contribution in [0.25, 0.3) is 11.4 Å². The summed E-state index contributed by atoms with van der Waals surface area (Å²) in [4.78, 5) is 0. The summed E-state index contributed by atoms with van der Waals surface area (Å²) in [5.74, 6) is 0.647. The van der Waals surface area contributed by atoms with Gasteiger partial charge in [0.05, 0.1) is 5.37 Å². The molecule has 0 saturated carbocycles. The van der Waals surface area contributed by atoms with Gasteiger partial charge in [-0.3, -0.25) is 0 Å². The second-order valence-corrected chi connectivity index (χ2v) is 5.72. The highest BCUT2D eigenvalue weighted by atomic mass is 32.2. The van der Waals surface area contributed by atoms with Gasteiger partial charge in [-0.15, -0.1) is 10.2 Å². The first-order valence-electron chi connectivity index (χ1n) is 6.41. The fourth-order valence-corrected chi connectivity index (χ4v) is 3.22. The second kappa shape index (κ2) is 5.41. The van der Waals surface area contributed by atoms with Gasteiger partial charge in [0, 0.05) is 17.7 Å². The van der Waals surface area contributed by atoms with Crippen molar-refractivity contribution in [3.63, 3.8) is 0 Å². The average Bonchev–Trinajstić information content (AvgIpc) is 2.99. The molecule has 2 heterocycles. The van der Waals surface area contributed by atoms with Crippen molar-refractivity contribution < 1.29 is 10.4 Å². The summed E-state index contributed by atoms with van der Waals surface area (Å²) in [6.07, 6.45) is 2.13. The molecule has 1 unspecified atom stereocenters. The molecule has 1 aromatic carbocycles. The van der Waals surface area contributed by atoms with Crippen LogP contribution < -0.4 is 10.7 Å². The summed E-state index contributed by atoms with van der Waals surface area (Å²) >= 11 is 1.65. The third kappa shape index (κ3) is 2.38. The van der Waals surface area contributed by atoms with Crippen LogP contribution in [0.4, 0.5) is 5.69 Å². The van der Waals surface area contributed by atoms with Crippen LogP contribution in [0.2, 0.25) is 0 Å². The molecular weight excluding hydrogens is 278 g/mol. The van der Waals surface area contributed by atoms with Crippen molar-refractivity contribution >= 4 is 17.4 Å². The fourth-order valence-electron chi connectivity index (χ4n) is 2.12. The monoisotopic (exact) mass is 293 g/mol. The van der Waals surface area contributed by atoms with E-state index in [9.17, 15) is 5.21 Å². The third-order valence-electron chi connectivity index (χ3n) is 3.07. The predicted octanol–water partition coefficient (Wildman–Crippen LogP) is 1.12. The second-order valence-electron chi connectivity index (χ2n) is 4.55. The molecule has 3 N–H and O–H groups in total. The van der Waals surface area contributed by atoms with E-state index in [0.717, 1.165) is 23.6 Å². The first-order valence-corrected chi connectivity index (χ1v) is 7.29. The van der Waals surface area contributed by atoms with E-state index in [2.05, 4.69) is 22.5 Å². The summed E-state index contributed by atoms with van der Waals surface area (Å²) < 4.78 is 1.84. The van der Waals surface area contributed by atoms with Crippen LogP contribution >= 0.6 is 11.8 Å². The largest absolute Gasteiger partial charge is 0.595 e. The normalized spacial score (nSPS) is 18.6. The molecule has 1 aliphatic rings. The Morgan fingerprint density at radius 1 is 1.50 bits per heavy atom. The van der Waals surface area contributed by atoms with Crippen molar-refractivity contribution in [1.29, 1.82) is 0 Å². The number of nitrogens with one attached hydrogen (secondary N) is 2. The van der Waals surface area contributed by atoms with Gasteiger partial charge >= 0.3 is 0 Å². The van der Waals surface area contributed by atoms with Gasteiger partial charge in [0.25, 0.3) is 0 Å². The quantitative estimate of drug-likeness (QED) is 0.732. The molecule has 2 aromatic rings. The molecule has 0 amide bonds. The first-order chi connectivity index (χ1) is 9.69. The van der Waals surface area contributed by atoms with Crippen molar-refractivity contribution in [3.8, 4) is 11.4 Å². The maximum absolute atomic E-state index is 11.0. The molecule has 8 heteroatoms. The molecule has 0 fully saturated rings. The lowest BCUT2D eigenvalue weighted by Crippen LogP contribution is -2.99.